The maximum Gasteiger partial charge on any atom is 0.407 e. The minimum absolute atomic E-state index is 0.137. The first-order valence-electron chi connectivity index (χ1n) is 14.8. The molecule has 0 saturated carbocycles. The highest BCUT2D eigenvalue weighted by Gasteiger charge is 2.23. The smallest absolute Gasteiger partial charge is 0.407 e. The molecule has 0 rings (SSSR count). The van der Waals surface area contributed by atoms with E-state index in [1.54, 1.807) is 48.5 Å². The molecule has 46 heavy (non-hydrogen) atoms. The van der Waals surface area contributed by atoms with Crippen LogP contribution in [0.5, 0.6) is 0 Å². The summed E-state index contributed by atoms with van der Waals surface area (Å²) in [5, 5.41) is 7.61. The quantitative estimate of drug-likeness (QED) is 0.0789. The fraction of sp³-hybridized carbons (Fsp3) is 0.750. The zero-order valence-corrected chi connectivity index (χ0v) is 28.2. The van der Waals surface area contributed by atoms with Crippen molar-refractivity contribution in [1.29, 1.82) is 0 Å². The van der Waals surface area contributed by atoms with Crippen LogP contribution < -0.4 is 32.4 Å². The lowest BCUT2D eigenvalue weighted by molar-refractivity contribution is -0.164. The molecule has 0 heterocycles. The molecule has 0 aliphatic heterocycles. The van der Waals surface area contributed by atoms with Crippen LogP contribution in [0.1, 0.15) is 88.5 Å². The van der Waals surface area contributed by atoms with Crippen molar-refractivity contribution < 1.29 is 57.5 Å². The normalized spacial score (nSPS) is 15.0. The summed E-state index contributed by atoms with van der Waals surface area (Å²) in [7, 11) is 0. The Morgan fingerprint density at radius 1 is 0.565 bits per heavy atom. The number of hydrogen-bond acceptors (Lipinski definition) is 12. The van der Waals surface area contributed by atoms with E-state index >= 15 is 0 Å². The number of carbonyl (C=O) groups is 7. The van der Waals surface area contributed by atoms with E-state index < -0.39 is 83.6 Å². The molecule has 0 saturated heterocycles. The largest absolute Gasteiger partial charge is 0.464 e. The monoisotopic (exact) mass is 662 g/mol. The topological polar surface area (TPSA) is 238 Å². The van der Waals surface area contributed by atoms with Crippen LogP contribution in [0.2, 0.25) is 0 Å². The molecule has 0 aromatic rings. The van der Waals surface area contributed by atoms with E-state index in [2.05, 4.69) is 32.4 Å². The van der Waals surface area contributed by atoms with Gasteiger partial charge in [0.1, 0.15) is 5.60 Å². The van der Waals surface area contributed by atoms with E-state index in [4.69, 9.17) is 24.0 Å². The van der Waals surface area contributed by atoms with Gasteiger partial charge in [0.15, 0.2) is 18.3 Å². The van der Waals surface area contributed by atoms with Crippen molar-refractivity contribution in [3.8, 4) is 0 Å². The van der Waals surface area contributed by atoms with Gasteiger partial charge in [-0.25, -0.2) is 26.0 Å². The summed E-state index contributed by atoms with van der Waals surface area (Å²) in [5.74, 6) is -3.69. The number of rotatable bonds is 19. The third-order valence-corrected chi connectivity index (χ3v) is 5.42. The van der Waals surface area contributed by atoms with E-state index in [1.165, 1.54) is 20.8 Å². The summed E-state index contributed by atoms with van der Waals surface area (Å²) in [6.07, 6.45) is -4.45. The predicted octanol–water partition coefficient (Wildman–Crippen LogP) is -0.0487. The van der Waals surface area contributed by atoms with Crippen molar-refractivity contribution in [2.45, 2.75) is 131 Å². The lowest BCUT2D eigenvalue weighted by atomic mass is 10.2. The number of hydrogen-bond donors (Lipinski definition) is 6. The Morgan fingerprint density at radius 3 is 1.26 bits per heavy atom. The Bertz CT molecular complexity index is 1050. The Labute approximate surface area is 268 Å². The molecule has 0 aromatic heterocycles. The van der Waals surface area contributed by atoms with Crippen molar-refractivity contribution >= 4 is 41.6 Å². The molecule has 0 aromatic carbocycles. The van der Waals surface area contributed by atoms with Gasteiger partial charge in [-0.1, -0.05) is 0 Å². The third-order valence-electron chi connectivity index (χ3n) is 5.42. The maximum absolute atomic E-state index is 12.4. The van der Waals surface area contributed by atoms with Gasteiger partial charge in [0.2, 0.25) is 17.7 Å². The van der Waals surface area contributed by atoms with Gasteiger partial charge < -0.3 is 25.4 Å². The van der Waals surface area contributed by atoms with Gasteiger partial charge in [-0.05, 0) is 69.2 Å². The molecule has 6 N–H and O–H groups in total. The molecule has 0 bridgehead atoms. The van der Waals surface area contributed by atoms with Crippen LogP contribution in [0.25, 0.3) is 0 Å². The number of amides is 6. The summed E-state index contributed by atoms with van der Waals surface area (Å²) in [5.41, 5.74) is 5.69. The molecule has 0 aliphatic rings. The van der Waals surface area contributed by atoms with Gasteiger partial charge >= 0.3 is 12.1 Å². The lowest BCUT2D eigenvalue weighted by Crippen LogP contribution is -2.46. The fourth-order valence-electron chi connectivity index (χ4n) is 3.22. The molecule has 6 atom stereocenters. The molecule has 18 nitrogen and oxygen atoms in total. The predicted molar refractivity (Wildman–Crippen MR) is 161 cm³/mol. The van der Waals surface area contributed by atoms with E-state index in [9.17, 15) is 33.6 Å². The average Bonchev–Trinajstić information content (AvgIpc) is 2.91. The molecule has 18 heteroatoms. The molecular formula is C28H50N6O12. The Hall–Kier alpha value is -4.03. The van der Waals surface area contributed by atoms with Gasteiger partial charge in [-0.15, -0.1) is 0 Å². The highest BCUT2D eigenvalue weighted by molar-refractivity contribution is 5.84. The van der Waals surface area contributed by atoms with Gasteiger partial charge in [0, 0.05) is 37.4 Å². The first-order chi connectivity index (χ1) is 21.2. The van der Waals surface area contributed by atoms with Crippen LogP contribution in [0.3, 0.4) is 0 Å². The molecule has 6 amide bonds. The minimum atomic E-state index is -1.13. The van der Waals surface area contributed by atoms with E-state index in [-0.39, 0.29) is 25.9 Å². The van der Waals surface area contributed by atoms with Crippen molar-refractivity contribution in [2.75, 3.05) is 6.61 Å². The molecule has 0 unspecified atom stereocenters. The number of carbonyl (C=O) groups excluding carboxylic acids is 7. The Balaban J connectivity index is 4.38. The van der Waals surface area contributed by atoms with Crippen LogP contribution in [0.4, 0.5) is 4.79 Å². The highest BCUT2D eigenvalue weighted by atomic mass is 16.7. The number of hydroxylamine groups is 3. The SMILES string of the molecule is CCOC(=O)[C@@H](C)ONC(=O)C[C@@H](C)NC(=O)[C@@H](C)ONC(=O)C[C@@H](C)NC(=O)[C@@H](C)ONC(=O)C[C@@H](C)NC(=O)OC(C)(C)C. The summed E-state index contributed by atoms with van der Waals surface area (Å²) in [6.45, 7) is 15.8. The number of esters is 1. The zero-order chi connectivity index (χ0) is 35.6. The Kier molecular flexibility index (Phi) is 19.1. The standard InChI is InChI=1S/C28H50N6O12/c1-11-42-26(40)20(7)46-34-22(36)13-16(3)30-24(38)18(5)44-32-21(35)12-15(2)29-25(39)19(6)45-33-23(37)14-17(4)31-27(41)43-28(8,9)10/h15-20H,11-14H2,1-10H3,(H,29,39)(H,30,38)(H,31,41)(H,32,35)(H,33,37)(H,34,36)/t15-,16-,17-,18-,19-,20-/m1/s1. The second kappa shape index (κ2) is 20.9. The molecule has 0 fully saturated rings. The summed E-state index contributed by atoms with van der Waals surface area (Å²) in [6, 6.07) is -1.88. The van der Waals surface area contributed by atoms with Crippen molar-refractivity contribution in [1.82, 2.24) is 32.4 Å². The zero-order valence-electron chi connectivity index (χ0n) is 28.2. The van der Waals surface area contributed by atoms with Gasteiger partial charge in [-0.3, -0.25) is 38.5 Å². The second-order valence-corrected chi connectivity index (χ2v) is 11.6. The molecule has 0 aliphatic carbocycles. The van der Waals surface area contributed by atoms with Crippen LogP contribution in [0, 0.1) is 0 Å². The lowest BCUT2D eigenvalue weighted by Gasteiger charge is -2.22. The van der Waals surface area contributed by atoms with E-state index in [1.807, 2.05) is 0 Å². The van der Waals surface area contributed by atoms with Crippen LogP contribution in [0.15, 0.2) is 0 Å². The third kappa shape index (κ3) is 20.1. The summed E-state index contributed by atoms with van der Waals surface area (Å²) >= 11 is 0. The molecule has 0 spiro atoms. The van der Waals surface area contributed by atoms with Crippen molar-refractivity contribution in [3.63, 3.8) is 0 Å². The molecule has 0 radical (unpaired) electrons. The minimum Gasteiger partial charge on any atom is -0.464 e. The number of nitrogens with one attached hydrogen (secondary N) is 6. The van der Waals surface area contributed by atoms with Gasteiger partial charge in [0.05, 0.1) is 6.61 Å². The number of ether oxygens (including phenoxy) is 2. The van der Waals surface area contributed by atoms with Crippen LogP contribution in [-0.2, 0) is 52.8 Å². The van der Waals surface area contributed by atoms with Gasteiger partial charge in [-0.2, -0.15) is 0 Å². The van der Waals surface area contributed by atoms with Crippen molar-refractivity contribution in [2.24, 2.45) is 0 Å². The van der Waals surface area contributed by atoms with Crippen molar-refractivity contribution in [3.05, 3.63) is 0 Å². The second-order valence-electron chi connectivity index (χ2n) is 11.6. The molecule has 264 valence electrons. The summed E-state index contributed by atoms with van der Waals surface area (Å²) < 4.78 is 9.88. The van der Waals surface area contributed by atoms with E-state index in [0.29, 0.717) is 0 Å². The van der Waals surface area contributed by atoms with Gasteiger partial charge in [0.25, 0.3) is 11.8 Å². The van der Waals surface area contributed by atoms with Crippen LogP contribution >= 0.6 is 0 Å². The van der Waals surface area contributed by atoms with E-state index in [0.717, 1.165) is 0 Å². The highest BCUT2D eigenvalue weighted by Crippen LogP contribution is 2.07. The molecular weight excluding hydrogens is 612 g/mol. The maximum atomic E-state index is 12.4. The summed E-state index contributed by atoms with van der Waals surface area (Å²) in [4.78, 5) is 99.5. The first-order valence-corrected chi connectivity index (χ1v) is 14.8. The number of alkyl carbamates (subject to hydrolysis) is 1. The Morgan fingerprint density at radius 2 is 0.913 bits per heavy atom. The first kappa shape index (κ1) is 42.0. The van der Waals surface area contributed by atoms with Crippen LogP contribution in [-0.4, -0.2) is 90.2 Å². The average molecular weight is 663 g/mol. The fourth-order valence-corrected chi connectivity index (χ4v) is 3.22.